The standard InChI is InChI=1S/C13H13NO2/c15-12-4-1-5-13(9-12)16-8-6-11-3-2-7-14-10-11/h1-5,7,9-10,15H,6,8H2. The molecule has 2 aromatic rings. The lowest BCUT2D eigenvalue weighted by molar-refractivity contribution is 0.320. The number of hydrogen-bond acceptors (Lipinski definition) is 3. The molecule has 0 saturated heterocycles. The van der Waals surface area contributed by atoms with Crippen LogP contribution in [0, 0.1) is 0 Å². The average molecular weight is 215 g/mol. The molecule has 0 aliphatic carbocycles. The molecular formula is C13H13NO2. The monoisotopic (exact) mass is 215 g/mol. The van der Waals surface area contributed by atoms with E-state index in [1.165, 1.54) is 0 Å². The van der Waals surface area contributed by atoms with Gasteiger partial charge in [0.25, 0.3) is 0 Å². The lowest BCUT2D eigenvalue weighted by Crippen LogP contribution is -2.01. The lowest BCUT2D eigenvalue weighted by Gasteiger charge is -2.05. The molecule has 1 aromatic heterocycles. The number of phenols is 1. The van der Waals surface area contributed by atoms with Crippen LogP contribution in [-0.2, 0) is 6.42 Å². The van der Waals surface area contributed by atoms with E-state index in [1.807, 2.05) is 24.4 Å². The molecule has 2 rings (SSSR count). The highest BCUT2D eigenvalue weighted by molar-refractivity contribution is 5.31. The van der Waals surface area contributed by atoms with Crippen molar-refractivity contribution in [2.24, 2.45) is 0 Å². The molecule has 0 fully saturated rings. The van der Waals surface area contributed by atoms with Crippen LogP contribution in [0.5, 0.6) is 11.5 Å². The molecule has 1 N–H and O–H groups in total. The van der Waals surface area contributed by atoms with Gasteiger partial charge in [-0.2, -0.15) is 0 Å². The van der Waals surface area contributed by atoms with Gasteiger partial charge in [-0.15, -0.1) is 0 Å². The lowest BCUT2D eigenvalue weighted by atomic mass is 10.2. The topological polar surface area (TPSA) is 42.4 Å². The molecule has 0 spiro atoms. The SMILES string of the molecule is Oc1cccc(OCCc2cccnc2)c1. The van der Waals surface area contributed by atoms with Gasteiger partial charge in [0.1, 0.15) is 11.5 Å². The van der Waals surface area contributed by atoms with E-state index in [1.54, 1.807) is 24.4 Å². The van der Waals surface area contributed by atoms with Gasteiger partial charge >= 0.3 is 0 Å². The quantitative estimate of drug-likeness (QED) is 0.851. The van der Waals surface area contributed by atoms with E-state index in [9.17, 15) is 5.11 Å². The summed E-state index contributed by atoms with van der Waals surface area (Å²) in [6.07, 6.45) is 4.38. The Balaban J connectivity index is 1.85. The van der Waals surface area contributed by atoms with Gasteiger partial charge in [0.2, 0.25) is 0 Å². The summed E-state index contributed by atoms with van der Waals surface area (Å²) in [4.78, 5) is 4.03. The number of rotatable bonds is 4. The first-order valence-electron chi connectivity index (χ1n) is 5.15. The maximum Gasteiger partial charge on any atom is 0.122 e. The highest BCUT2D eigenvalue weighted by Gasteiger charge is 1.96. The van der Waals surface area contributed by atoms with Gasteiger partial charge in [-0.1, -0.05) is 12.1 Å². The van der Waals surface area contributed by atoms with Crippen LogP contribution in [0.25, 0.3) is 0 Å². The zero-order valence-corrected chi connectivity index (χ0v) is 8.84. The van der Waals surface area contributed by atoms with E-state index in [-0.39, 0.29) is 5.75 Å². The van der Waals surface area contributed by atoms with Crippen LogP contribution in [-0.4, -0.2) is 16.7 Å². The maximum absolute atomic E-state index is 9.24. The van der Waals surface area contributed by atoms with Crippen LogP contribution < -0.4 is 4.74 Å². The summed E-state index contributed by atoms with van der Waals surface area (Å²) in [7, 11) is 0. The van der Waals surface area contributed by atoms with Crippen molar-refractivity contribution in [2.45, 2.75) is 6.42 Å². The Bertz CT molecular complexity index is 443. The molecule has 1 heterocycles. The van der Waals surface area contributed by atoms with Crippen molar-refractivity contribution in [1.29, 1.82) is 0 Å². The van der Waals surface area contributed by atoms with Crippen LogP contribution in [0.3, 0.4) is 0 Å². The van der Waals surface area contributed by atoms with E-state index in [0.29, 0.717) is 12.4 Å². The average Bonchev–Trinajstić information content (AvgIpc) is 2.30. The minimum Gasteiger partial charge on any atom is -0.508 e. The molecule has 0 amide bonds. The van der Waals surface area contributed by atoms with E-state index >= 15 is 0 Å². The zero-order valence-electron chi connectivity index (χ0n) is 8.84. The van der Waals surface area contributed by atoms with Crippen LogP contribution in [0.4, 0.5) is 0 Å². The van der Waals surface area contributed by atoms with E-state index in [0.717, 1.165) is 12.0 Å². The molecule has 1 aromatic carbocycles. The summed E-state index contributed by atoms with van der Waals surface area (Å²) in [6, 6.07) is 10.7. The second-order valence-corrected chi connectivity index (χ2v) is 3.46. The molecule has 3 nitrogen and oxygen atoms in total. The molecule has 0 radical (unpaired) electrons. The Hall–Kier alpha value is -2.03. The summed E-state index contributed by atoms with van der Waals surface area (Å²) >= 11 is 0. The number of aromatic nitrogens is 1. The highest BCUT2D eigenvalue weighted by Crippen LogP contribution is 2.17. The Morgan fingerprint density at radius 2 is 2.12 bits per heavy atom. The predicted octanol–water partition coefficient (Wildman–Crippen LogP) is 2.41. The largest absolute Gasteiger partial charge is 0.508 e. The molecule has 0 atom stereocenters. The molecule has 0 aliphatic rings. The van der Waals surface area contributed by atoms with Crippen LogP contribution >= 0.6 is 0 Å². The minimum atomic E-state index is 0.221. The van der Waals surface area contributed by atoms with Gasteiger partial charge in [0.05, 0.1) is 6.61 Å². The maximum atomic E-state index is 9.24. The fourth-order valence-electron chi connectivity index (χ4n) is 1.41. The molecule has 0 unspecified atom stereocenters. The third kappa shape index (κ3) is 2.98. The third-order valence-corrected chi connectivity index (χ3v) is 2.20. The van der Waals surface area contributed by atoms with Crippen molar-refractivity contribution in [3.63, 3.8) is 0 Å². The van der Waals surface area contributed by atoms with Gasteiger partial charge in [0.15, 0.2) is 0 Å². The highest BCUT2D eigenvalue weighted by atomic mass is 16.5. The first-order chi connectivity index (χ1) is 7.84. The van der Waals surface area contributed by atoms with Crippen molar-refractivity contribution in [3.8, 4) is 11.5 Å². The predicted molar refractivity (Wildman–Crippen MR) is 61.5 cm³/mol. The molecule has 0 saturated carbocycles. The molecular weight excluding hydrogens is 202 g/mol. The first-order valence-corrected chi connectivity index (χ1v) is 5.15. The number of pyridine rings is 1. The number of nitrogens with zero attached hydrogens (tertiary/aromatic N) is 1. The van der Waals surface area contributed by atoms with Crippen molar-refractivity contribution in [1.82, 2.24) is 4.98 Å². The Labute approximate surface area is 94.3 Å². The molecule has 0 bridgehead atoms. The number of benzene rings is 1. The van der Waals surface area contributed by atoms with Crippen molar-refractivity contribution in [2.75, 3.05) is 6.61 Å². The first kappa shape index (κ1) is 10.5. The number of phenolic OH excluding ortho intramolecular Hbond substituents is 1. The second-order valence-electron chi connectivity index (χ2n) is 3.46. The zero-order chi connectivity index (χ0) is 11.2. The van der Waals surface area contributed by atoms with Crippen molar-refractivity contribution < 1.29 is 9.84 Å². The molecule has 3 heteroatoms. The summed E-state index contributed by atoms with van der Waals surface area (Å²) in [5, 5.41) is 9.24. The number of ether oxygens (including phenoxy) is 1. The molecule has 82 valence electrons. The summed E-state index contributed by atoms with van der Waals surface area (Å²) in [5.41, 5.74) is 1.14. The minimum absolute atomic E-state index is 0.221. The van der Waals surface area contributed by atoms with E-state index in [4.69, 9.17) is 4.74 Å². The Kier molecular flexibility index (Phi) is 3.38. The van der Waals surface area contributed by atoms with Gasteiger partial charge in [0, 0.05) is 24.9 Å². The van der Waals surface area contributed by atoms with E-state index in [2.05, 4.69) is 4.98 Å². The fourth-order valence-corrected chi connectivity index (χ4v) is 1.41. The van der Waals surface area contributed by atoms with E-state index < -0.39 is 0 Å². The smallest absolute Gasteiger partial charge is 0.122 e. The number of hydrogen-bond donors (Lipinski definition) is 1. The van der Waals surface area contributed by atoms with Gasteiger partial charge in [-0.25, -0.2) is 0 Å². The van der Waals surface area contributed by atoms with Gasteiger partial charge in [-0.3, -0.25) is 4.98 Å². The van der Waals surface area contributed by atoms with Gasteiger partial charge in [-0.05, 0) is 23.8 Å². The van der Waals surface area contributed by atoms with Crippen molar-refractivity contribution in [3.05, 3.63) is 54.4 Å². The molecule has 16 heavy (non-hydrogen) atoms. The fraction of sp³-hybridized carbons (Fsp3) is 0.154. The Morgan fingerprint density at radius 1 is 1.19 bits per heavy atom. The van der Waals surface area contributed by atoms with Crippen LogP contribution in [0.15, 0.2) is 48.8 Å². The number of aromatic hydroxyl groups is 1. The van der Waals surface area contributed by atoms with Crippen LogP contribution in [0.2, 0.25) is 0 Å². The molecule has 0 aliphatic heterocycles. The third-order valence-electron chi connectivity index (χ3n) is 2.20. The summed E-state index contributed by atoms with van der Waals surface area (Å²) in [5.74, 6) is 0.905. The van der Waals surface area contributed by atoms with Crippen LogP contribution in [0.1, 0.15) is 5.56 Å². The Morgan fingerprint density at radius 3 is 2.88 bits per heavy atom. The van der Waals surface area contributed by atoms with Crippen molar-refractivity contribution >= 4 is 0 Å². The second kappa shape index (κ2) is 5.16. The van der Waals surface area contributed by atoms with Gasteiger partial charge < -0.3 is 9.84 Å². The normalized spacial score (nSPS) is 10.0. The summed E-state index contributed by atoms with van der Waals surface area (Å²) in [6.45, 7) is 0.579. The summed E-state index contributed by atoms with van der Waals surface area (Å²) < 4.78 is 5.50.